The van der Waals surface area contributed by atoms with Gasteiger partial charge in [-0.3, -0.25) is 4.68 Å². The summed E-state index contributed by atoms with van der Waals surface area (Å²) in [7, 11) is 3.94. The summed E-state index contributed by atoms with van der Waals surface area (Å²) in [5.74, 6) is 0. The van der Waals surface area contributed by atoms with Crippen molar-refractivity contribution in [3.8, 4) is 0 Å². The molecular formula is C14H15N3. The molecule has 3 rings (SSSR count). The third-order valence-electron chi connectivity index (χ3n) is 3.25. The molecule has 1 N–H and O–H groups in total. The van der Waals surface area contributed by atoms with Gasteiger partial charge >= 0.3 is 0 Å². The zero-order valence-corrected chi connectivity index (χ0v) is 10.0. The van der Waals surface area contributed by atoms with Crippen LogP contribution in [0.1, 0.15) is 22.7 Å². The Morgan fingerprint density at radius 3 is 2.82 bits per heavy atom. The van der Waals surface area contributed by atoms with E-state index in [9.17, 15) is 0 Å². The summed E-state index contributed by atoms with van der Waals surface area (Å²) in [6.45, 7) is 0. The Labute approximate surface area is 101 Å². The van der Waals surface area contributed by atoms with Crippen molar-refractivity contribution in [3.05, 3.63) is 59.4 Å². The van der Waals surface area contributed by atoms with Crippen LogP contribution < -0.4 is 5.32 Å². The van der Waals surface area contributed by atoms with Crippen LogP contribution in [0.15, 0.2) is 42.7 Å². The molecule has 3 nitrogen and oxygen atoms in total. The van der Waals surface area contributed by atoms with E-state index in [2.05, 4.69) is 47.0 Å². The minimum Gasteiger partial charge on any atom is -0.310 e. The molecule has 1 unspecified atom stereocenters. The van der Waals surface area contributed by atoms with Gasteiger partial charge < -0.3 is 5.32 Å². The molecule has 0 bridgehead atoms. The number of hydrogen-bond donors (Lipinski definition) is 1. The van der Waals surface area contributed by atoms with E-state index >= 15 is 0 Å². The van der Waals surface area contributed by atoms with E-state index in [-0.39, 0.29) is 0 Å². The summed E-state index contributed by atoms with van der Waals surface area (Å²) in [6, 6.07) is 8.83. The number of benzene rings is 1. The van der Waals surface area contributed by atoms with Crippen LogP contribution in [-0.2, 0) is 7.05 Å². The van der Waals surface area contributed by atoms with E-state index in [1.807, 2.05) is 25.0 Å². The topological polar surface area (TPSA) is 29.9 Å². The van der Waals surface area contributed by atoms with Gasteiger partial charge in [-0.15, -0.1) is 0 Å². The van der Waals surface area contributed by atoms with Gasteiger partial charge in [-0.05, 0) is 23.7 Å². The van der Waals surface area contributed by atoms with Crippen LogP contribution in [0.5, 0.6) is 0 Å². The molecular weight excluding hydrogens is 210 g/mol. The van der Waals surface area contributed by atoms with Crippen molar-refractivity contribution in [1.82, 2.24) is 15.1 Å². The maximum atomic E-state index is 4.24. The van der Waals surface area contributed by atoms with Crippen LogP contribution in [-0.4, -0.2) is 16.8 Å². The third-order valence-corrected chi connectivity index (χ3v) is 3.25. The number of hydrogen-bond acceptors (Lipinski definition) is 2. The normalized spacial score (nSPS) is 18.0. The van der Waals surface area contributed by atoms with Crippen LogP contribution in [0.25, 0.3) is 5.57 Å². The molecule has 1 aliphatic carbocycles. The molecule has 0 saturated heterocycles. The third kappa shape index (κ3) is 1.59. The predicted octanol–water partition coefficient (Wildman–Crippen LogP) is 2.13. The Hall–Kier alpha value is -1.87. The van der Waals surface area contributed by atoms with E-state index in [4.69, 9.17) is 0 Å². The molecule has 0 aliphatic heterocycles. The number of nitrogens with zero attached hydrogens (tertiary/aromatic N) is 2. The lowest BCUT2D eigenvalue weighted by atomic mass is 10.0. The first-order valence-corrected chi connectivity index (χ1v) is 5.77. The number of likely N-dealkylation sites (N-methyl/N-ethyl adjacent to an activating group) is 1. The Morgan fingerprint density at radius 1 is 1.29 bits per heavy atom. The van der Waals surface area contributed by atoms with Gasteiger partial charge in [0.25, 0.3) is 0 Å². The van der Waals surface area contributed by atoms with Crippen molar-refractivity contribution in [2.45, 2.75) is 6.04 Å². The van der Waals surface area contributed by atoms with Crippen molar-refractivity contribution in [3.63, 3.8) is 0 Å². The molecule has 17 heavy (non-hydrogen) atoms. The highest BCUT2D eigenvalue weighted by atomic mass is 15.2. The SMILES string of the molecule is CNC1C=C(c2cnn(C)c2)c2ccccc21. The van der Waals surface area contributed by atoms with Crippen molar-refractivity contribution >= 4 is 5.57 Å². The fourth-order valence-electron chi connectivity index (χ4n) is 2.41. The van der Waals surface area contributed by atoms with Crippen molar-refractivity contribution in [2.75, 3.05) is 7.05 Å². The molecule has 2 aromatic rings. The second kappa shape index (κ2) is 3.86. The highest BCUT2D eigenvalue weighted by Crippen LogP contribution is 2.37. The number of fused-ring (bicyclic) bond motifs is 1. The van der Waals surface area contributed by atoms with Gasteiger partial charge in [0.2, 0.25) is 0 Å². The first kappa shape index (κ1) is 10.3. The Balaban J connectivity index is 2.13. The molecule has 1 heterocycles. The Bertz CT molecular complexity index is 581. The molecule has 86 valence electrons. The summed E-state index contributed by atoms with van der Waals surface area (Å²) in [6.07, 6.45) is 6.24. The van der Waals surface area contributed by atoms with Gasteiger partial charge in [0, 0.05) is 18.8 Å². The largest absolute Gasteiger partial charge is 0.310 e. The Morgan fingerprint density at radius 2 is 2.12 bits per heavy atom. The molecule has 0 saturated carbocycles. The van der Waals surface area contributed by atoms with Crippen LogP contribution in [0.2, 0.25) is 0 Å². The average molecular weight is 225 g/mol. The summed E-state index contributed by atoms with van der Waals surface area (Å²) < 4.78 is 1.84. The van der Waals surface area contributed by atoms with E-state index < -0.39 is 0 Å². The van der Waals surface area contributed by atoms with Gasteiger partial charge in [-0.25, -0.2) is 0 Å². The van der Waals surface area contributed by atoms with Gasteiger partial charge in [0.05, 0.1) is 12.2 Å². The quantitative estimate of drug-likeness (QED) is 0.848. The molecule has 1 atom stereocenters. The zero-order valence-electron chi connectivity index (χ0n) is 10.0. The average Bonchev–Trinajstić information content (AvgIpc) is 2.92. The predicted molar refractivity (Wildman–Crippen MR) is 68.5 cm³/mol. The smallest absolute Gasteiger partial charge is 0.0568 e. The summed E-state index contributed by atoms with van der Waals surface area (Å²) in [5, 5.41) is 7.56. The minimum atomic E-state index is 0.307. The lowest BCUT2D eigenvalue weighted by molar-refractivity contribution is 0.725. The molecule has 0 amide bonds. The second-order valence-electron chi connectivity index (χ2n) is 4.34. The number of rotatable bonds is 2. The summed E-state index contributed by atoms with van der Waals surface area (Å²) in [4.78, 5) is 0. The van der Waals surface area contributed by atoms with E-state index in [0.29, 0.717) is 6.04 Å². The molecule has 0 fully saturated rings. The monoisotopic (exact) mass is 225 g/mol. The maximum absolute atomic E-state index is 4.24. The number of aryl methyl sites for hydroxylation is 1. The molecule has 1 aliphatic rings. The Kier molecular flexibility index (Phi) is 2.34. The maximum Gasteiger partial charge on any atom is 0.0568 e. The first-order chi connectivity index (χ1) is 8.29. The van der Waals surface area contributed by atoms with Crippen molar-refractivity contribution in [1.29, 1.82) is 0 Å². The fourth-order valence-corrected chi connectivity index (χ4v) is 2.41. The zero-order chi connectivity index (χ0) is 11.8. The lowest BCUT2D eigenvalue weighted by Crippen LogP contribution is -2.11. The van der Waals surface area contributed by atoms with Gasteiger partial charge in [0.1, 0.15) is 0 Å². The summed E-state index contributed by atoms with van der Waals surface area (Å²) >= 11 is 0. The minimum absolute atomic E-state index is 0.307. The van der Waals surface area contributed by atoms with E-state index in [1.165, 1.54) is 22.3 Å². The van der Waals surface area contributed by atoms with Crippen molar-refractivity contribution < 1.29 is 0 Å². The molecule has 1 aromatic heterocycles. The highest BCUT2D eigenvalue weighted by Gasteiger charge is 2.22. The van der Waals surface area contributed by atoms with Crippen LogP contribution in [0.4, 0.5) is 0 Å². The summed E-state index contributed by atoms with van der Waals surface area (Å²) in [5.41, 5.74) is 5.10. The molecule has 1 aromatic carbocycles. The van der Waals surface area contributed by atoms with E-state index in [0.717, 1.165) is 0 Å². The van der Waals surface area contributed by atoms with Crippen molar-refractivity contribution in [2.24, 2.45) is 7.05 Å². The van der Waals surface area contributed by atoms with Gasteiger partial charge in [-0.1, -0.05) is 30.3 Å². The molecule has 3 heteroatoms. The molecule has 0 radical (unpaired) electrons. The van der Waals surface area contributed by atoms with Crippen LogP contribution in [0.3, 0.4) is 0 Å². The fraction of sp³-hybridized carbons (Fsp3) is 0.214. The van der Waals surface area contributed by atoms with Crippen LogP contribution >= 0.6 is 0 Å². The standard InChI is InChI=1S/C14H15N3/c1-15-14-7-13(10-8-16-17(2)9-10)11-5-3-4-6-12(11)14/h3-9,14-15H,1-2H3. The van der Waals surface area contributed by atoms with Gasteiger partial charge in [0.15, 0.2) is 0 Å². The van der Waals surface area contributed by atoms with E-state index in [1.54, 1.807) is 0 Å². The second-order valence-corrected chi connectivity index (χ2v) is 4.34. The lowest BCUT2D eigenvalue weighted by Gasteiger charge is -2.08. The number of aromatic nitrogens is 2. The van der Waals surface area contributed by atoms with Gasteiger partial charge in [-0.2, -0.15) is 5.10 Å². The van der Waals surface area contributed by atoms with Crippen LogP contribution in [0, 0.1) is 0 Å². The molecule has 0 spiro atoms. The number of nitrogens with one attached hydrogen (secondary N) is 1. The highest BCUT2D eigenvalue weighted by molar-refractivity contribution is 5.85. The first-order valence-electron chi connectivity index (χ1n) is 5.77.